The lowest BCUT2D eigenvalue weighted by Crippen LogP contribution is -2.05. The zero-order valence-corrected chi connectivity index (χ0v) is 9.68. The van der Waals surface area contributed by atoms with E-state index >= 15 is 0 Å². The molecule has 0 fully saturated rings. The van der Waals surface area contributed by atoms with E-state index in [1.54, 1.807) is 30.3 Å². The fourth-order valence-corrected chi connectivity index (χ4v) is 1.78. The highest BCUT2D eigenvalue weighted by Crippen LogP contribution is 2.30. The summed E-state index contributed by atoms with van der Waals surface area (Å²) in [6, 6.07) is 11.8. The minimum Gasteiger partial charge on any atom is -0.494 e. The summed E-state index contributed by atoms with van der Waals surface area (Å²) in [5.41, 5.74) is 0.610. The van der Waals surface area contributed by atoms with Crippen LogP contribution in [-0.2, 0) is 0 Å². The van der Waals surface area contributed by atoms with Crippen LogP contribution < -0.4 is 4.74 Å². The van der Waals surface area contributed by atoms with Gasteiger partial charge in [0.15, 0.2) is 11.6 Å². The van der Waals surface area contributed by atoms with Gasteiger partial charge in [-0.15, -0.1) is 0 Å². The summed E-state index contributed by atoms with van der Waals surface area (Å²) < 4.78 is 18.8. The molecule has 0 atom stereocenters. The lowest BCUT2D eigenvalue weighted by molar-refractivity contribution is 0.0692. The van der Waals surface area contributed by atoms with Gasteiger partial charge < -0.3 is 9.84 Å². The van der Waals surface area contributed by atoms with Crippen LogP contribution in [0.3, 0.4) is 0 Å². The minimum absolute atomic E-state index is 0.0768. The van der Waals surface area contributed by atoms with Crippen LogP contribution >= 0.6 is 0 Å². The van der Waals surface area contributed by atoms with Crippen LogP contribution in [0.25, 0.3) is 11.1 Å². The first kappa shape index (κ1) is 12.1. The van der Waals surface area contributed by atoms with E-state index in [4.69, 9.17) is 9.84 Å². The number of halogens is 1. The number of hydrogen-bond donors (Lipinski definition) is 1. The third kappa shape index (κ3) is 2.05. The van der Waals surface area contributed by atoms with Gasteiger partial charge in [0.25, 0.3) is 0 Å². The quantitative estimate of drug-likeness (QED) is 0.904. The largest absolute Gasteiger partial charge is 0.494 e. The summed E-state index contributed by atoms with van der Waals surface area (Å²) in [5.74, 6) is -2.25. The van der Waals surface area contributed by atoms with Crippen molar-refractivity contribution in [1.82, 2.24) is 0 Å². The minimum atomic E-state index is -1.31. The van der Waals surface area contributed by atoms with Gasteiger partial charge in [-0.3, -0.25) is 0 Å². The van der Waals surface area contributed by atoms with E-state index in [0.717, 1.165) is 0 Å². The third-order valence-electron chi connectivity index (χ3n) is 2.63. The van der Waals surface area contributed by atoms with Crippen molar-refractivity contribution in [3.05, 3.63) is 53.8 Å². The summed E-state index contributed by atoms with van der Waals surface area (Å²) in [6.45, 7) is 0. The number of carboxylic acids is 1. The molecule has 2 aromatic rings. The van der Waals surface area contributed by atoms with Crippen LogP contribution in [0.1, 0.15) is 10.4 Å². The Morgan fingerprint density at radius 3 is 2.39 bits per heavy atom. The lowest BCUT2D eigenvalue weighted by Gasteiger charge is -2.10. The Labute approximate surface area is 103 Å². The number of hydrogen-bond acceptors (Lipinski definition) is 2. The SMILES string of the molecule is COc1ccc(-c2ccccc2)c(C(=O)O)c1F. The number of carboxylic acid groups (broad SMARTS) is 1. The van der Waals surface area contributed by atoms with Crippen LogP contribution in [0, 0.1) is 5.82 Å². The molecule has 0 amide bonds. The lowest BCUT2D eigenvalue weighted by atomic mass is 9.99. The van der Waals surface area contributed by atoms with E-state index < -0.39 is 11.8 Å². The first-order valence-electron chi connectivity index (χ1n) is 5.30. The van der Waals surface area contributed by atoms with Gasteiger partial charge in [-0.05, 0) is 23.3 Å². The van der Waals surface area contributed by atoms with E-state index in [0.29, 0.717) is 11.1 Å². The maximum Gasteiger partial charge on any atom is 0.339 e. The summed E-state index contributed by atoms with van der Waals surface area (Å²) in [5, 5.41) is 9.13. The molecule has 4 heteroatoms. The molecule has 2 rings (SSSR count). The Kier molecular flexibility index (Phi) is 3.28. The van der Waals surface area contributed by atoms with Gasteiger partial charge in [0.1, 0.15) is 5.56 Å². The molecule has 0 aromatic heterocycles. The molecule has 0 aliphatic heterocycles. The van der Waals surface area contributed by atoms with Crippen LogP contribution in [0.2, 0.25) is 0 Å². The Morgan fingerprint density at radius 1 is 1.17 bits per heavy atom. The van der Waals surface area contributed by atoms with Gasteiger partial charge in [0.2, 0.25) is 0 Å². The molecular formula is C14H11FO3. The van der Waals surface area contributed by atoms with Gasteiger partial charge in [0.05, 0.1) is 7.11 Å². The molecule has 0 bridgehead atoms. The second-order valence-electron chi connectivity index (χ2n) is 3.68. The van der Waals surface area contributed by atoms with E-state index in [9.17, 15) is 9.18 Å². The molecule has 0 aliphatic rings. The van der Waals surface area contributed by atoms with Crippen LogP contribution in [0.5, 0.6) is 5.75 Å². The van der Waals surface area contributed by atoms with E-state index in [-0.39, 0.29) is 11.3 Å². The van der Waals surface area contributed by atoms with Gasteiger partial charge in [-0.1, -0.05) is 30.3 Å². The normalized spacial score (nSPS) is 10.1. The molecule has 0 aliphatic carbocycles. The first-order chi connectivity index (χ1) is 8.65. The van der Waals surface area contributed by atoms with Crippen LogP contribution in [0.15, 0.2) is 42.5 Å². The third-order valence-corrected chi connectivity index (χ3v) is 2.63. The first-order valence-corrected chi connectivity index (χ1v) is 5.30. The number of aromatic carboxylic acids is 1. The Balaban J connectivity index is 2.69. The average molecular weight is 246 g/mol. The van der Waals surface area contributed by atoms with Gasteiger partial charge in [-0.2, -0.15) is 0 Å². The number of ether oxygens (including phenoxy) is 1. The summed E-state index contributed by atoms with van der Waals surface area (Å²) in [6.07, 6.45) is 0. The zero-order chi connectivity index (χ0) is 13.1. The monoisotopic (exact) mass is 246 g/mol. The number of methoxy groups -OCH3 is 1. The van der Waals surface area contributed by atoms with Crippen LogP contribution in [0.4, 0.5) is 4.39 Å². The summed E-state index contributed by atoms with van der Waals surface area (Å²) in [7, 11) is 1.30. The molecule has 1 N–H and O–H groups in total. The maximum atomic E-state index is 14.0. The van der Waals surface area contributed by atoms with E-state index in [2.05, 4.69) is 0 Å². The predicted octanol–water partition coefficient (Wildman–Crippen LogP) is 3.20. The highest BCUT2D eigenvalue weighted by atomic mass is 19.1. The van der Waals surface area contributed by atoms with Crippen molar-refractivity contribution in [1.29, 1.82) is 0 Å². The molecule has 0 heterocycles. The fraction of sp³-hybridized carbons (Fsp3) is 0.0714. The summed E-state index contributed by atoms with van der Waals surface area (Å²) in [4.78, 5) is 11.2. The van der Waals surface area contributed by atoms with Crippen molar-refractivity contribution in [2.45, 2.75) is 0 Å². The van der Waals surface area contributed by atoms with Crippen molar-refractivity contribution in [3.8, 4) is 16.9 Å². The second kappa shape index (κ2) is 4.87. The Hall–Kier alpha value is -2.36. The van der Waals surface area contributed by atoms with Gasteiger partial charge in [-0.25, -0.2) is 9.18 Å². The topological polar surface area (TPSA) is 46.5 Å². The highest BCUT2D eigenvalue weighted by Gasteiger charge is 2.20. The van der Waals surface area contributed by atoms with Crippen molar-refractivity contribution >= 4 is 5.97 Å². The second-order valence-corrected chi connectivity index (χ2v) is 3.68. The van der Waals surface area contributed by atoms with Gasteiger partial charge in [0, 0.05) is 0 Å². The number of rotatable bonds is 3. The predicted molar refractivity (Wildman–Crippen MR) is 65.3 cm³/mol. The van der Waals surface area contributed by atoms with Crippen molar-refractivity contribution in [2.75, 3.05) is 7.11 Å². The fourth-order valence-electron chi connectivity index (χ4n) is 1.78. The molecule has 0 radical (unpaired) electrons. The Morgan fingerprint density at radius 2 is 1.83 bits per heavy atom. The summed E-state index contributed by atoms with van der Waals surface area (Å²) >= 11 is 0. The zero-order valence-electron chi connectivity index (χ0n) is 9.68. The molecule has 92 valence electrons. The van der Waals surface area contributed by atoms with E-state index in [1.165, 1.54) is 13.2 Å². The molecule has 0 saturated heterocycles. The standard InChI is InChI=1S/C14H11FO3/c1-18-11-8-7-10(9-5-3-2-4-6-9)12(13(11)15)14(16)17/h2-8H,1H3,(H,16,17). The average Bonchev–Trinajstić information content (AvgIpc) is 2.39. The number of benzene rings is 2. The highest BCUT2D eigenvalue weighted by molar-refractivity contribution is 5.96. The van der Waals surface area contributed by atoms with Crippen molar-refractivity contribution in [2.24, 2.45) is 0 Å². The van der Waals surface area contributed by atoms with Crippen molar-refractivity contribution in [3.63, 3.8) is 0 Å². The molecule has 0 spiro atoms. The van der Waals surface area contributed by atoms with Crippen molar-refractivity contribution < 1.29 is 19.0 Å². The molecule has 3 nitrogen and oxygen atoms in total. The maximum absolute atomic E-state index is 14.0. The smallest absolute Gasteiger partial charge is 0.339 e. The van der Waals surface area contributed by atoms with Gasteiger partial charge >= 0.3 is 5.97 Å². The Bertz CT molecular complexity index is 579. The van der Waals surface area contributed by atoms with E-state index in [1.807, 2.05) is 6.07 Å². The molecular weight excluding hydrogens is 235 g/mol. The molecule has 2 aromatic carbocycles. The molecule has 18 heavy (non-hydrogen) atoms. The molecule has 0 saturated carbocycles. The van der Waals surface area contributed by atoms with Crippen LogP contribution in [-0.4, -0.2) is 18.2 Å². The molecule has 0 unspecified atom stereocenters. The number of carbonyl (C=O) groups is 1.